The molecule has 1 aliphatic carbocycles. The second-order valence-corrected chi connectivity index (χ2v) is 6.16. The average Bonchev–Trinajstić information content (AvgIpc) is 3.20. The van der Waals surface area contributed by atoms with Gasteiger partial charge in [-0.25, -0.2) is 4.98 Å². The van der Waals surface area contributed by atoms with E-state index < -0.39 is 0 Å². The minimum Gasteiger partial charge on any atom is -0.366 e. The van der Waals surface area contributed by atoms with Gasteiger partial charge in [0, 0.05) is 39.1 Å². The standard InChI is InChI=1S/C16H21ClN4/c1-20-8-7-18-16(20)11-21(2)15-6-3-12(9-14(15)17)10-19-13-4-5-13/h3,6-9,13,19H,4-5,10-11H2,1-2H3. The van der Waals surface area contributed by atoms with E-state index in [1.54, 1.807) is 0 Å². The summed E-state index contributed by atoms with van der Waals surface area (Å²) in [6, 6.07) is 7.01. The first-order chi connectivity index (χ1) is 10.1. The predicted molar refractivity (Wildman–Crippen MR) is 86.6 cm³/mol. The van der Waals surface area contributed by atoms with Gasteiger partial charge in [0.25, 0.3) is 0 Å². The number of aryl methyl sites for hydroxylation is 1. The molecule has 0 atom stereocenters. The first-order valence-electron chi connectivity index (χ1n) is 7.32. The molecule has 5 heteroatoms. The first-order valence-corrected chi connectivity index (χ1v) is 7.70. The van der Waals surface area contributed by atoms with Gasteiger partial charge in [0.2, 0.25) is 0 Å². The van der Waals surface area contributed by atoms with Crippen LogP contribution in [0.25, 0.3) is 0 Å². The highest BCUT2D eigenvalue weighted by atomic mass is 35.5. The molecule has 0 bridgehead atoms. The van der Waals surface area contributed by atoms with Gasteiger partial charge in [0.05, 0.1) is 17.3 Å². The normalized spacial score (nSPS) is 14.4. The lowest BCUT2D eigenvalue weighted by Gasteiger charge is -2.21. The molecular weight excluding hydrogens is 284 g/mol. The van der Waals surface area contributed by atoms with E-state index >= 15 is 0 Å². The number of anilines is 1. The molecule has 1 fully saturated rings. The van der Waals surface area contributed by atoms with E-state index in [1.807, 2.05) is 31.1 Å². The molecule has 0 saturated heterocycles. The molecule has 3 rings (SSSR count). The Morgan fingerprint density at radius 3 is 2.86 bits per heavy atom. The number of hydrogen-bond donors (Lipinski definition) is 1. The molecule has 0 spiro atoms. The molecule has 1 aromatic carbocycles. The van der Waals surface area contributed by atoms with Crippen molar-refractivity contribution in [1.82, 2.24) is 14.9 Å². The summed E-state index contributed by atoms with van der Waals surface area (Å²) in [4.78, 5) is 6.48. The van der Waals surface area contributed by atoms with Crippen molar-refractivity contribution in [2.24, 2.45) is 7.05 Å². The zero-order chi connectivity index (χ0) is 14.8. The molecular formula is C16H21ClN4. The van der Waals surface area contributed by atoms with Crippen LogP contribution in [0.5, 0.6) is 0 Å². The van der Waals surface area contributed by atoms with Gasteiger partial charge < -0.3 is 14.8 Å². The van der Waals surface area contributed by atoms with Crippen LogP contribution in [-0.4, -0.2) is 22.6 Å². The topological polar surface area (TPSA) is 33.1 Å². The molecule has 1 heterocycles. The maximum Gasteiger partial charge on any atom is 0.127 e. The third-order valence-corrected chi connectivity index (χ3v) is 4.20. The number of nitrogens with one attached hydrogen (secondary N) is 1. The lowest BCUT2D eigenvalue weighted by molar-refractivity contribution is 0.687. The van der Waals surface area contributed by atoms with Crippen LogP contribution in [0.2, 0.25) is 5.02 Å². The largest absolute Gasteiger partial charge is 0.366 e. The molecule has 0 radical (unpaired) electrons. The Morgan fingerprint density at radius 2 is 2.24 bits per heavy atom. The van der Waals surface area contributed by atoms with Crippen LogP contribution in [0.4, 0.5) is 5.69 Å². The van der Waals surface area contributed by atoms with Crippen molar-refractivity contribution in [2.75, 3.05) is 11.9 Å². The van der Waals surface area contributed by atoms with Gasteiger partial charge in [-0.2, -0.15) is 0 Å². The lowest BCUT2D eigenvalue weighted by atomic mass is 10.2. The zero-order valence-electron chi connectivity index (χ0n) is 12.5. The number of halogens is 1. The summed E-state index contributed by atoms with van der Waals surface area (Å²) in [6.45, 7) is 1.64. The van der Waals surface area contributed by atoms with E-state index in [1.165, 1.54) is 18.4 Å². The summed E-state index contributed by atoms with van der Waals surface area (Å²) in [5, 5.41) is 4.30. The highest BCUT2D eigenvalue weighted by Crippen LogP contribution is 2.27. The van der Waals surface area contributed by atoms with E-state index in [-0.39, 0.29) is 0 Å². The Morgan fingerprint density at radius 1 is 1.43 bits per heavy atom. The average molecular weight is 305 g/mol. The van der Waals surface area contributed by atoms with Crippen LogP contribution in [0.1, 0.15) is 24.2 Å². The van der Waals surface area contributed by atoms with Crippen LogP contribution in [0.3, 0.4) is 0 Å². The first kappa shape index (κ1) is 14.4. The smallest absolute Gasteiger partial charge is 0.127 e. The minimum absolute atomic E-state index is 0.717. The van der Waals surface area contributed by atoms with Crippen LogP contribution in [-0.2, 0) is 20.1 Å². The van der Waals surface area contributed by atoms with Gasteiger partial charge in [0.1, 0.15) is 5.82 Å². The van der Waals surface area contributed by atoms with Crippen molar-refractivity contribution in [2.45, 2.75) is 32.0 Å². The Bertz CT molecular complexity index is 618. The maximum atomic E-state index is 6.44. The van der Waals surface area contributed by atoms with Crippen LogP contribution >= 0.6 is 11.6 Å². The molecule has 0 amide bonds. The highest BCUT2D eigenvalue weighted by molar-refractivity contribution is 6.33. The van der Waals surface area contributed by atoms with Gasteiger partial charge in [-0.3, -0.25) is 0 Å². The van der Waals surface area contributed by atoms with Crippen molar-refractivity contribution in [3.63, 3.8) is 0 Å². The van der Waals surface area contributed by atoms with E-state index in [9.17, 15) is 0 Å². The van der Waals surface area contributed by atoms with Crippen molar-refractivity contribution in [3.8, 4) is 0 Å². The Balaban J connectivity index is 1.67. The van der Waals surface area contributed by atoms with Crippen molar-refractivity contribution in [3.05, 3.63) is 47.0 Å². The van der Waals surface area contributed by atoms with Crippen molar-refractivity contribution < 1.29 is 0 Å². The third kappa shape index (κ3) is 3.57. The minimum atomic E-state index is 0.717. The van der Waals surface area contributed by atoms with Crippen molar-refractivity contribution >= 4 is 17.3 Å². The summed E-state index contributed by atoms with van der Waals surface area (Å²) in [7, 11) is 4.04. The van der Waals surface area contributed by atoms with Crippen LogP contribution in [0.15, 0.2) is 30.6 Å². The molecule has 4 nitrogen and oxygen atoms in total. The van der Waals surface area contributed by atoms with E-state index in [0.717, 1.165) is 35.7 Å². The molecule has 1 aromatic heterocycles. The zero-order valence-corrected chi connectivity index (χ0v) is 13.3. The van der Waals surface area contributed by atoms with Crippen molar-refractivity contribution in [1.29, 1.82) is 0 Å². The van der Waals surface area contributed by atoms with Gasteiger partial charge >= 0.3 is 0 Å². The fourth-order valence-electron chi connectivity index (χ4n) is 2.37. The lowest BCUT2D eigenvalue weighted by Crippen LogP contribution is -2.20. The van der Waals surface area contributed by atoms with Gasteiger partial charge in [-0.05, 0) is 30.5 Å². The quantitative estimate of drug-likeness (QED) is 0.891. The number of rotatable bonds is 6. The monoisotopic (exact) mass is 304 g/mol. The summed E-state index contributed by atoms with van der Waals surface area (Å²) in [6.07, 6.45) is 6.38. The maximum absolute atomic E-state index is 6.44. The molecule has 0 aliphatic heterocycles. The van der Waals surface area contributed by atoms with E-state index in [2.05, 4.69) is 33.4 Å². The predicted octanol–water partition coefficient (Wildman–Crippen LogP) is 2.96. The summed E-state index contributed by atoms with van der Waals surface area (Å²) >= 11 is 6.44. The number of nitrogens with zero attached hydrogens (tertiary/aromatic N) is 3. The number of benzene rings is 1. The van der Waals surface area contributed by atoms with E-state index in [0.29, 0.717) is 0 Å². The fourth-order valence-corrected chi connectivity index (χ4v) is 2.71. The SMILES string of the molecule is CN(Cc1nccn1C)c1ccc(CNC2CC2)cc1Cl. The number of aromatic nitrogens is 2. The Kier molecular flexibility index (Phi) is 4.17. The fraction of sp³-hybridized carbons (Fsp3) is 0.438. The number of hydrogen-bond acceptors (Lipinski definition) is 3. The molecule has 1 saturated carbocycles. The molecule has 2 aromatic rings. The van der Waals surface area contributed by atoms with Gasteiger partial charge in [-0.15, -0.1) is 0 Å². The van der Waals surface area contributed by atoms with E-state index in [4.69, 9.17) is 11.6 Å². The number of imidazole rings is 1. The molecule has 112 valence electrons. The van der Waals surface area contributed by atoms with Crippen LogP contribution in [0, 0.1) is 0 Å². The van der Waals surface area contributed by atoms with Crippen LogP contribution < -0.4 is 10.2 Å². The molecule has 1 aliphatic rings. The van der Waals surface area contributed by atoms with Gasteiger partial charge in [0.15, 0.2) is 0 Å². The molecule has 21 heavy (non-hydrogen) atoms. The second kappa shape index (κ2) is 6.08. The summed E-state index contributed by atoms with van der Waals surface area (Å²) in [5.41, 5.74) is 2.27. The second-order valence-electron chi connectivity index (χ2n) is 5.75. The Labute approximate surface area is 130 Å². The molecule has 1 N–H and O–H groups in total. The summed E-state index contributed by atoms with van der Waals surface area (Å²) < 4.78 is 2.03. The van der Waals surface area contributed by atoms with Gasteiger partial charge in [-0.1, -0.05) is 17.7 Å². The summed E-state index contributed by atoms with van der Waals surface area (Å²) in [5.74, 6) is 1.02. The third-order valence-electron chi connectivity index (χ3n) is 3.90. The highest BCUT2D eigenvalue weighted by Gasteiger charge is 2.20. The molecule has 0 unspecified atom stereocenters. The Hall–Kier alpha value is -1.52.